The molecular weight excluding hydrogens is 265 g/mol. The molecular formula is C16H17F3O. The highest BCUT2D eigenvalue weighted by Crippen LogP contribution is 2.37. The van der Waals surface area contributed by atoms with Gasteiger partial charge in [-0.3, -0.25) is 0 Å². The summed E-state index contributed by atoms with van der Waals surface area (Å²) in [6.07, 6.45) is -7.12. The van der Waals surface area contributed by atoms with Crippen LogP contribution in [-0.2, 0) is 5.41 Å². The minimum atomic E-state index is -4.66. The average molecular weight is 282 g/mol. The molecule has 0 aromatic heterocycles. The highest BCUT2D eigenvalue weighted by molar-refractivity contribution is 5.87. The van der Waals surface area contributed by atoms with Crippen molar-refractivity contribution in [3.8, 4) is 0 Å². The van der Waals surface area contributed by atoms with Crippen molar-refractivity contribution >= 4 is 10.8 Å². The van der Waals surface area contributed by atoms with Crippen molar-refractivity contribution in [1.82, 2.24) is 0 Å². The van der Waals surface area contributed by atoms with Gasteiger partial charge in [-0.05, 0) is 27.3 Å². The predicted octanol–water partition coefficient (Wildman–Crippen LogP) is 4.73. The molecule has 2 aromatic rings. The highest BCUT2D eigenvalue weighted by Gasteiger charge is 2.40. The Morgan fingerprint density at radius 3 is 2.20 bits per heavy atom. The highest BCUT2D eigenvalue weighted by atomic mass is 19.4. The van der Waals surface area contributed by atoms with Crippen LogP contribution in [0.25, 0.3) is 10.8 Å². The minimum absolute atomic E-state index is 0.0962. The lowest BCUT2D eigenvalue weighted by Gasteiger charge is -2.21. The molecule has 0 aliphatic carbocycles. The molecule has 0 amide bonds. The molecule has 20 heavy (non-hydrogen) atoms. The van der Waals surface area contributed by atoms with E-state index in [9.17, 15) is 18.3 Å². The molecule has 0 fully saturated rings. The Morgan fingerprint density at radius 1 is 1.00 bits per heavy atom. The van der Waals surface area contributed by atoms with Crippen LogP contribution < -0.4 is 0 Å². The Labute approximate surface area is 116 Å². The maximum atomic E-state index is 12.7. The van der Waals surface area contributed by atoms with Crippen molar-refractivity contribution in [2.24, 2.45) is 0 Å². The molecule has 0 aliphatic rings. The van der Waals surface area contributed by atoms with Crippen LogP contribution >= 0.6 is 0 Å². The van der Waals surface area contributed by atoms with Gasteiger partial charge in [0.15, 0.2) is 6.10 Å². The number of aliphatic hydroxyl groups is 1. The summed E-state index contributed by atoms with van der Waals surface area (Å²) in [4.78, 5) is 0. The van der Waals surface area contributed by atoms with E-state index in [1.807, 2.05) is 26.8 Å². The Balaban J connectivity index is 2.67. The van der Waals surface area contributed by atoms with Crippen LogP contribution in [0.15, 0.2) is 36.4 Å². The molecule has 0 saturated heterocycles. The summed E-state index contributed by atoms with van der Waals surface area (Å²) in [5, 5.41) is 10.7. The summed E-state index contributed by atoms with van der Waals surface area (Å²) in [6, 6.07) is 10.0. The molecule has 1 unspecified atom stereocenters. The van der Waals surface area contributed by atoms with E-state index in [1.165, 1.54) is 12.1 Å². The first-order chi connectivity index (χ1) is 9.10. The lowest BCUT2D eigenvalue weighted by molar-refractivity contribution is -0.206. The van der Waals surface area contributed by atoms with E-state index in [-0.39, 0.29) is 11.0 Å². The smallest absolute Gasteiger partial charge is 0.379 e. The van der Waals surface area contributed by atoms with Gasteiger partial charge in [-0.2, -0.15) is 13.2 Å². The molecule has 2 rings (SSSR count). The molecule has 0 heterocycles. The van der Waals surface area contributed by atoms with Crippen molar-refractivity contribution < 1.29 is 18.3 Å². The Kier molecular flexibility index (Phi) is 3.54. The van der Waals surface area contributed by atoms with Crippen LogP contribution in [0.5, 0.6) is 0 Å². The Hall–Kier alpha value is -1.55. The molecule has 0 bridgehead atoms. The molecule has 0 radical (unpaired) electrons. The zero-order chi connectivity index (χ0) is 15.1. The van der Waals surface area contributed by atoms with E-state index in [4.69, 9.17) is 0 Å². The Bertz CT molecular complexity index is 624. The summed E-state index contributed by atoms with van der Waals surface area (Å²) in [5.74, 6) is 0. The third-order valence-electron chi connectivity index (χ3n) is 3.39. The molecule has 0 spiro atoms. The SMILES string of the molecule is CC(C)(C)c1ccc2cccc(C(O)C(F)(F)F)c2c1. The molecule has 1 nitrogen and oxygen atoms in total. The van der Waals surface area contributed by atoms with Gasteiger partial charge in [0.1, 0.15) is 0 Å². The van der Waals surface area contributed by atoms with Gasteiger partial charge in [0.2, 0.25) is 0 Å². The molecule has 2 aromatic carbocycles. The van der Waals surface area contributed by atoms with E-state index in [1.54, 1.807) is 18.2 Å². The zero-order valence-electron chi connectivity index (χ0n) is 11.6. The number of halogens is 3. The molecule has 4 heteroatoms. The molecule has 108 valence electrons. The van der Waals surface area contributed by atoms with Crippen LogP contribution in [0.3, 0.4) is 0 Å². The number of hydrogen-bond donors (Lipinski definition) is 1. The van der Waals surface area contributed by atoms with Gasteiger partial charge in [0.25, 0.3) is 0 Å². The number of rotatable bonds is 1. The summed E-state index contributed by atoms with van der Waals surface area (Å²) in [5.41, 5.74) is 0.678. The summed E-state index contributed by atoms with van der Waals surface area (Å²) < 4.78 is 38.2. The van der Waals surface area contributed by atoms with Crippen molar-refractivity contribution in [2.45, 2.75) is 38.5 Å². The number of aliphatic hydroxyl groups excluding tert-OH is 1. The van der Waals surface area contributed by atoms with Gasteiger partial charge in [0.05, 0.1) is 0 Å². The molecule has 0 aliphatic heterocycles. The van der Waals surface area contributed by atoms with Crippen LogP contribution in [0.4, 0.5) is 13.2 Å². The first-order valence-electron chi connectivity index (χ1n) is 6.38. The lowest BCUT2D eigenvalue weighted by Crippen LogP contribution is -2.20. The lowest BCUT2D eigenvalue weighted by atomic mass is 9.85. The summed E-state index contributed by atoms with van der Waals surface area (Å²) in [6.45, 7) is 5.99. The normalized spacial score (nSPS) is 14.6. The second-order valence-electron chi connectivity index (χ2n) is 5.98. The maximum Gasteiger partial charge on any atom is 0.418 e. The van der Waals surface area contributed by atoms with Gasteiger partial charge in [-0.25, -0.2) is 0 Å². The van der Waals surface area contributed by atoms with E-state index in [0.717, 1.165) is 5.56 Å². The largest absolute Gasteiger partial charge is 0.418 e. The number of benzene rings is 2. The molecule has 1 atom stereocenters. The average Bonchev–Trinajstić information content (AvgIpc) is 2.34. The second-order valence-corrected chi connectivity index (χ2v) is 5.98. The van der Waals surface area contributed by atoms with Gasteiger partial charge in [-0.1, -0.05) is 57.2 Å². The number of fused-ring (bicyclic) bond motifs is 1. The van der Waals surface area contributed by atoms with E-state index in [2.05, 4.69) is 0 Å². The maximum absolute atomic E-state index is 12.7. The fourth-order valence-corrected chi connectivity index (χ4v) is 2.18. The van der Waals surface area contributed by atoms with Crippen LogP contribution in [0.1, 0.15) is 38.0 Å². The third-order valence-corrected chi connectivity index (χ3v) is 3.39. The quantitative estimate of drug-likeness (QED) is 0.801. The first-order valence-corrected chi connectivity index (χ1v) is 6.38. The van der Waals surface area contributed by atoms with Gasteiger partial charge in [0, 0.05) is 0 Å². The Morgan fingerprint density at radius 2 is 1.65 bits per heavy atom. The summed E-state index contributed by atoms with van der Waals surface area (Å²) >= 11 is 0. The van der Waals surface area contributed by atoms with Crippen LogP contribution in [0.2, 0.25) is 0 Å². The summed E-state index contributed by atoms with van der Waals surface area (Å²) in [7, 11) is 0. The van der Waals surface area contributed by atoms with Crippen LogP contribution in [0, 0.1) is 0 Å². The second kappa shape index (κ2) is 4.77. The zero-order valence-corrected chi connectivity index (χ0v) is 11.6. The van der Waals surface area contributed by atoms with E-state index in [0.29, 0.717) is 10.8 Å². The first kappa shape index (κ1) is 14.9. The standard InChI is InChI=1S/C16H17F3O/c1-15(2,3)11-8-7-10-5-4-6-12(13(10)9-11)14(20)16(17,18)19/h4-9,14,20H,1-3H3. The van der Waals surface area contributed by atoms with Gasteiger partial charge in [-0.15, -0.1) is 0 Å². The van der Waals surface area contributed by atoms with E-state index < -0.39 is 12.3 Å². The van der Waals surface area contributed by atoms with E-state index >= 15 is 0 Å². The topological polar surface area (TPSA) is 20.2 Å². The predicted molar refractivity (Wildman–Crippen MR) is 73.7 cm³/mol. The van der Waals surface area contributed by atoms with Gasteiger partial charge < -0.3 is 5.11 Å². The van der Waals surface area contributed by atoms with Crippen molar-refractivity contribution in [1.29, 1.82) is 0 Å². The van der Waals surface area contributed by atoms with Crippen molar-refractivity contribution in [2.75, 3.05) is 0 Å². The van der Waals surface area contributed by atoms with Crippen LogP contribution in [-0.4, -0.2) is 11.3 Å². The molecule has 1 N–H and O–H groups in total. The monoisotopic (exact) mass is 282 g/mol. The fraction of sp³-hybridized carbons (Fsp3) is 0.375. The van der Waals surface area contributed by atoms with Gasteiger partial charge >= 0.3 is 6.18 Å². The van der Waals surface area contributed by atoms with Crippen molar-refractivity contribution in [3.63, 3.8) is 0 Å². The minimum Gasteiger partial charge on any atom is -0.379 e. The number of hydrogen-bond acceptors (Lipinski definition) is 1. The number of alkyl halides is 3. The fourth-order valence-electron chi connectivity index (χ4n) is 2.18. The molecule has 0 saturated carbocycles. The van der Waals surface area contributed by atoms with Crippen molar-refractivity contribution in [3.05, 3.63) is 47.5 Å². The third kappa shape index (κ3) is 2.80.